The zero-order valence-corrected chi connectivity index (χ0v) is 10.4. The summed E-state index contributed by atoms with van der Waals surface area (Å²) in [6, 6.07) is 0.424. The zero-order valence-electron chi connectivity index (χ0n) is 10.4. The molecular weight excluding hydrogens is 204 g/mol. The van der Waals surface area contributed by atoms with Crippen molar-refractivity contribution in [1.29, 1.82) is 0 Å². The first-order valence-electron chi connectivity index (χ1n) is 6.26. The summed E-state index contributed by atoms with van der Waals surface area (Å²) < 4.78 is 5.32. The van der Waals surface area contributed by atoms with Crippen LogP contribution >= 0.6 is 0 Å². The molecule has 0 aromatic carbocycles. The van der Waals surface area contributed by atoms with Crippen molar-refractivity contribution in [1.82, 2.24) is 4.90 Å². The monoisotopic (exact) mass is 228 g/mol. The van der Waals surface area contributed by atoms with Gasteiger partial charge in [-0.25, -0.2) is 0 Å². The van der Waals surface area contributed by atoms with Crippen LogP contribution in [0.4, 0.5) is 0 Å². The summed E-state index contributed by atoms with van der Waals surface area (Å²) in [4.78, 5) is 13.7. The minimum atomic E-state index is -0.151. The zero-order chi connectivity index (χ0) is 12.0. The van der Waals surface area contributed by atoms with Crippen molar-refractivity contribution in [2.45, 2.75) is 39.2 Å². The molecule has 0 aliphatic carbocycles. The Morgan fingerprint density at radius 3 is 2.56 bits per heavy atom. The highest BCUT2D eigenvalue weighted by atomic mass is 16.5. The van der Waals surface area contributed by atoms with Gasteiger partial charge in [0.05, 0.1) is 13.2 Å². The van der Waals surface area contributed by atoms with Gasteiger partial charge in [-0.05, 0) is 19.8 Å². The average molecular weight is 228 g/mol. The predicted molar refractivity (Wildman–Crippen MR) is 64.1 cm³/mol. The molecule has 0 spiro atoms. The van der Waals surface area contributed by atoms with Crippen LogP contribution in [0.25, 0.3) is 0 Å². The van der Waals surface area contributed by atoms with Crippen LogP contribution in [0, 0.1) is 5.92 Å². The van der Waals surface area contributed by atoms with Crippen molar-refractivity contribution in [3.05, 3.63) is 0 Å². The van der Waals surface area contributed by atoms with E-state index in [1.54, 1.807) is 0 Å². The largest absolute Gasteiger partial charge is 0.379 e. The van der Waals surface area contributed by atoms with Gasteiger partial charge in [0.25, 0.3) is 0 Å². The Kier molecular flexibility index (Phi) is 5.77. The highest BCUT2D eigenvalue weighted by Gasteiger charge is 2.23. The molecule has 0 saturated carbocycles. The lowest BCUT2D eigenvalue weighted by atomic mass is 9.94. The summed E-state index contributed by atoms with van der Waals surface area (Å²) in [5, 5.41) is 0. The summed E-state index contributed by atoms with van der Waals surface area (Å²) >= 11 is 0. The minimum absolute atomic E-state index is 0.0304. The fraction of sp³-hybridized carbons (Fsp3) is 0.917. The Morgan fingerprint density at radius 2 is 2.06 bits per heavy atom. The molecular formula is C12H24N2O2. The van der Waals surface area contributed by atoms with Gasteiger partial charge in [-0.2, -0.15) is 0 Å². The molecule has 4 heteroatoms. The van der Waals surface area contributed by atoms with E-state index in [4.69, 9.17) is 10.5 Å². The molecule has 2 N–H and O–H groups in total. The second-order valence-corrected chi connectivity index (χ2v) is 4.62. The normalized spacial score (nSPS) is 21.6. The van der Waals surface area contributed by atoms with Crippen LogP contribution in [0.3, 0.4) is 0 Å². The summed E-state index contributed by atoms with van der Waals surface area (Å²) in [5.74, 6) is -0.121. The molecule has 0 aromatic heterocycles. The van der Waals surface area contributed by atoms with E-state index >= 15 is 0 Å². The second-order valence-electron chi connectivity index (χ2n) is 4.62. The maximum Gasteiger partial charge on any atom is 0.220 e. The molecule has 94 valence electrons. The number of carbonyl (C=O) groups is 1. The van der Waals surface area contributed by atoms with Crippen LogP contribution in [-0.2, 0) is 9.53 Å². The third-order valence-corrected chi connectivity index (χ3v) is 3.33. The van der Waals surface area contributed by atoms with E-state index in [2.05, 4.69) is 18.7 Å². The number of nitrogens with zero attached hydrogens (tertiary/aromatic N) is 1. The molecule has 0 bridgehead atoms. The minimum Gasteiger partial charge on any atom is -0.379 e. The third kappa shape index (κ3) is 4.10. The van der Waals surface area contributed by atoms with Gasteiger partial charge < -0.3 is 10.5 Å². The van der Waals surface area contributed by atoms with Crippen molar-refractivity contribution >= 4 is 5.91 Å². The van der Waals surface area contributed by atoms with Gasteiger partial charge in [0.2, 0.25) is 5.91 Å². The van der Waals surface area contributed by atoms with Crippen molar-refractivity contribution in [3.8, 4) is 0 Å². The van der Waals surface area contributed by atoms with Crippen LogP contribution in [0.5, 0.6) is 0 Å². The summed E-state index contributed by atoms with van der Waals surface area (Å²) in [6.07, 6.45) is 2.80. The number of carbonyl (C=O) groups excluding carboxylic acids is 1. The van der Waals surface area contributed by atoms with Gasteiger partial charge in [0.1, 0.15) is 0 Å². The first kappa shape index (κ1) is 13.5. The van der Waals surface area contributed by atoms with E-state index in [-0.39, 0.29) is 11.8 Å². The van der Waals surface area contributed by atoms with Crippen LogP contribution in [0.2, 0.25) is 0 Å². The summed E-state index contributed by atoms with van der Waals surface area (Å²) in [6.45, 7) is 7.82. The van der Waals surface area contributed by atoms with Crippen molar-refractivity contribution in [2.75, 3.05) is 26.3 Å². The van der Waals surface area contributed by atoms with E-state index in [1.165, 1.54) is 0 Å². The number of hydrogen-bond acceptors (Lipinski definition) is 3. The SMILES string of the molecule is CCCC(CC(C)N1CCOCC1)C(N)=O. The highest BCUT2D eigenvalue weighted by Crippen LogP contribution is 2.17. The van der Waals surface area contributed by atoms with Crippen LogP contribution in [0.15, 0.2) is 0 Å². The first-order valence-corrected chi connectivity index (χ1v) is 6.26. The average Bonchev–Trinajstić information content (AvgIpc) is 2.29. The Balaban J connectivity index is 2.39. The molecule has 1 saturated heterocycles. The molecule has 0 radical (unpaired) electrons. The molecule has 1 fully saturated rings. The van der Waals surface area contributed by atoms with Gasteiger partial charge in [-0.1, -0.05) is 13.3 Å². The Morgan fingerprint density at radius 1 is 1.44 bits per heavy atom. The number of amides is 1. The Bertz CT molecular complexity index is 215. The van der Waals surface area contributed by atoms with Crippen LogP contribution in [-0.4, -0.2) is 43.2 Å². The summed E-state index contributed by atoms with van der Waals surface area (Å²) in [5.41, 5.74) is 5.42. The van der Waals surface area contributed by atoms with E-state index in [0.29, 0.717) is 6.04 Å². The van der Waals surface area contributed by atoms with E-state index in [0.717, 1.165) is 45.6 Å². The molecule has 1 aliphatic heterocycles. The van der Waals surface area contributed by atoms with Gasteiger partial charge in [0, 0.05) is 25.0 Å². The molecule has 1 aliphatic rings. The molecule has 16 heavy (non-hydrogen) atoms. The van der Waals surface area contributed by atoms with Gasteiger partial charge in [0.15, 0.2) is 0 Å². The maximum absolute atomic E-state index is 11.3. The number of nitrogens with two attached hydrogens (primary N) is 1. The molecule has 2 unspecified atom stereocenters. The van der Waals surface area contributed by atoms with Crippen molar-refractivity contribution < 1.29 is 9.53 Å². The van der Waals surface area contributed by atoms with Crippen LogP contribution in [0.1, 0.15) is 33.1 Å². The van der Waals surface area contributed by atoms with E-state index in [1.807, 2.05) is 0 Å². The van der Waals surface area contributed by atoms with Crippen molar-refractivity contribution in [2.24, 2.45) is 11.7 Å². The lowest BCUT2D eigenvalue weighted by Crippen LogP contribution is -2.43. The molecule has 1 heterocycles. The van der Waals surface area contributed by atoms with Crippen LogP contribution < -0.4 is 5.73 Å². The Hall–Kier alpha value is -0.610. The molecule has 1 amide bonds. The molecule has 1 rings (SSSR count). The first-order chi connectivity index (χ1) is 7.65. The van der Waals surface area contributed by atoms with Gasteiger partial charge >= 0.3 is 0 Å². The molecule has 0 aromatic rings. The van der Waals surface area contributed by atoms with E-state index in [9.17, 15) is 4.79 Å². The maximum atomic E-state index is 11.3. The van der Waals surface area contributed by atoms with Crippen molar-refractivity contribution in [3.63, 3.8) is 0 Å². The fourth-order valence-electron chi connectivity index (χ4n) is 2.30. The number of hydrogen-bond donors (Lipinski definition) is 1. The van der Waals surface area contributed by atoms with Gasteiger partial charge in [-0.15, -0.1) is 0 Å². The second kappa shape index (κ2) is 6.86. The van der Waals surface area contributed by atoms with Gasteiger partial charge in [-0.3, -0.25) is 9.69 Å². The topological polar surface area (TPSA) is 55.6 Å². The number of morpholine rings is 1. The lowest BCUT2D eigenvalue weighted by molar-refractivity contribution is -0.122. The summed E-state index contributed by atoms with van der Waals surface area (Å²) in [7, 11) is 0. The fourth-order valence-corrected chi connectivity index (χ4v) is 2.30. The third-order valence-electron chi connectivity index (χ3n) is 3.33. The standard InChI is InChI=1S/C12H24N2O2/c1-3-4-11(12(13)15)9-10(2)14-5-7-16-8-6-14/h10-11H,3-9H2,1-2H3,(H2,13,15). The molecule has 2 atom stereocenters. The lowest BCUT2D eigenvalue weighted by Gasteiger charge is -2.33. The molecule has 4 nitrogen and oxygen atoms in total. The smallest absolute Gasteiger partial charge is 0.220 e. The number of ether oxygens (including phenoxy) is 1. The Labute approximate surface area is 98.1 Å². The highest BCUT2D eigenvalue weighted by molar-refractivity contribution is 5.76. The number of rotatable bonds is 6. The van der Waals surface area contributed by atoms with E-state index < -0.39 is 0 Å². The quantitative estimate of drug-likeness (QED) is 0.738. The predicted octanol–water partition coefficient (Wildman–Crippen LogP) is 0.999. The number of primary amides is 1.